The van der Waals surface area contributed by atoms with Crippen molar-refractivity contribution >= 4 is 17.9 Å². The summed E-state index contributed by atoms with van der Waals surface area (Å²) in [6, 6.07) is 20.1. The van der Waals surface area contributed by atoms with E-state index in [4.69, 9.17) is 0 Å². The monoisotopic (exact) mass is 304 g/mol. The fourth-order valence-corrected chi connectivity index (χ4v) is 3.05. The van der Waals surface area contributed by atoms with Gasteiger partial charge in [0.1, 0.15) is 13.1 Å². The predicted molar refractivity (Wildman–Crippen MR) is 95.7 cm³/mol. The van der Waals surface area contributed by atoms with Crippen molar-refractivity contribution in [1.29, 1.82) is 0 Å². The van der Waals surface area contributed by atoms with Crippen molar-refractivity contribution in [2.24, 2.45) is 0 Å². The summed E-state index contributed by atoms with van der Waals surface area (Å²) >= 11 is 0. The van der Waals surface area contributed by atoms with Gasteiger partial charge in [0.05, 0.1) is 25.2 Å². The Morgan fingerprint density at radius 3 is 1.52 bits per heavy atom. The average Bonchev–Trinajstić information content (AvgIpc) is 2.53. The number of likely N-dealkylation sites (tertiary alicyclic amines) is 1. The highest BCUT2D eigenvalue weighted by Crippen LogP contribution is 2.24. The van der Waals surface area contributed by atoms with Gasteiger partial charge in [-0.25, -0.2) is 0 Å². The molecule has 0 radical (unpaired) electrons. The van der Waals surface area contributed by atoms with Crippen LogP contribution in [0.1, 0.15) is 11.1 Å². The van der Waals surface area contributed by atoms with Crippen LogP contribution in [0, 0.1) is 0 Å². The number of carbonyl (C=O) groups excluding carboxylic acids is 1. The SMILES string of the molecule is C[N+]1(C)C/C(=C/c2ccccc2)C(=O)/C(=C/c2ccccc2)C1. The van der Waals surface area contributed by atoms with E-state index in [2.05, 4.69) is 14.1 Å². The van der Waals surface area contributed by atoms with E-state index in [1.807, 2.05) is 72.8 Å². The maximum absolute atomic E-state index is 12.9. The van der Waals surface area contributed by atoms with Gasteiger partial charge >= 0.3 is 0 Å². The van der Waals surface area contributed by atoms with Crippen LogP contribution in [0.3, 0.4) is 0 Å². The largest absolute Gasteiger partial charge is 0.321 e. The van der Waals surface area contributed by atoms with Gasteiger partial charge in [0.2, 0.25) is 0 Å². The number of carbonyl (C=O) groups is 1. The highest BCUT2D eigenvalue weighted by molar-refractivity contribution is 6.14. The lowest BCUT2D eigenvalue weighted by Gasteiger charge is -2.35. The lowest BCUT2D eigenvalue weighted by atomic mass is 9.93. The Morgan fingerprint density at radius 1 is 0.739 bits per heavy atom. The second kappa shape index (κ2) is 6.35. The van der Waals surface area contributed by atoms with Gasteiger partial charge in [-0.1, -0.05) is 60.7 Å². The lowest BCUT2D eigenvalue weighted by Crippen LogP contribution is -2.48. The van der Waals surface area contributed by atoms with Crippen LogP contribution < -0.4 is 0 Å². The number of quaternary nitrogens is 1. The first-order chi connectivity index (χ1) is 11.0. The highest BCUT2D eigenvalue weighted by Gasteiger charge is 2.32. The van der Waals surface area contributed by atoms with E-state index in [1.54, 1.807) is 0 Å². The summed E-state index contributed by atoms with van der Waals surface area (Å²) in [6.45, 7) is 1.53. The van der Waals surface area contributed by atoms with Crippen molar-refractivity contribution in [1.82, 2.24) is 0 Å². The third-order valence-corrected chi connectivity index (χ3v) is 4.06. The first kappa shape index (κ1) is 15.4. The van der Waals surface area contributed by atoms with E-state index in [1.165, 1.54) is 0 Å². The molecule has 116 valence electrons. The van der Waals surface area contributed by atoms with Crippen LogP contribution in [0.4, 0.5) is 0 Å². The number of nitrogens with zero attached hydrogens (tertiary/aromatic N) is 1. The van der Waals surface area contributed by atoms with Crippen molar-refractivity contribution in [3.05, 3.63) is 82.9 Å². The molecule has 0 unspecified atom stereocenters. The number of Topliss-reactive ketones (excluding diaryl/α,β-unsaturated/α-hetero) is 1. The number of ketones is 1. The number of rotatable bonds is 2. The molecule has 0 aromatic heterocycles. The minimum absolute atomic E-state index is 0.176. The molecule has 0 spiro atoms. The van der Waals surface area contributed by atoms with Gasteiger partial charge in [0, 0.05) is 0 Å². The second-order valence-electron chi connectivity index (χ2n) is 6.74. The molecule has 0 aliphatic carbocycles. The van der Waals surface area contributed by atoms with E-state index in [9.17, 15) is 4.79 Å². The molecule has 1 saturated heterocycles. The molecule has 0 bridgehead atoms. The van der Waals surface area contributed by atoms with E-state index in [-0.39, 0.29) is 5.78 Å². The van der Waals surface area contributed by atoms with E-state index in [0.717, 1.165) is 39.8 Å². The van der Waals surface area contributed by atoms with Crippen LogP contribution in [0.2, 0.25) is 0 Å². The predicted octanol–water partition coefficient (Wildman–Crippen LogP) is 3.81. The Kier molecular flexibility index (Phi) is 4.26. The molecule has 1 heterocycles. The minimum atomic E-state index is 0.176. The van der Waals surface area contributed by atoms with Crippen molar-refractivity contribution in [3.63, 3.8) is 0 Å². The number of hydrogen-bond donors (Lipinski definition) is 0. The molecule has 23 heavy (non-hydrogen) atoms. The molecular formula is C21H22NO+. The zero-order valence-corrected chi connectivity index (χ0v) is 13.7. The Bertz CT molecular complexity index is 691. The molecule has 0 saturated carbocycles. The van der Waals surface area contributed by atoms with E-state index in [0.29, 0.717) is 0 Å². The van der Waals surface area contributed by atoms with E-state index < -0.39 is 0 Å². The molecule has 0 atom stereocenters. The fraction of sp³-hybridized carbons (Fsp3) is 0.190. The molecule has 2 heteroatoms. The number of piperidine rings is 1. The Hall–Kier alpha value is -2.45. The molecule has 2 aromatic carbocycles. The maximum atomic E-state index is 12.9. The number of benzene rings is 2. The Morgan fingerprint density at radius 2 is 1.13 bits per heavy atom. The second-order valence-corrected chi connectivity index (χ2v) is 6.74. The molecule has 1 fully saturated rings. The van der Waals surface area contributed by atoms with Crippen LogP contribution in [0.25, 0.3) is 12.2 Å². The summed E-state index contributed by atoms with van der Waals surface area (Å²) in [6.07, 6.45) is 4.06. The summed E-state index contributed by atoms with van der Waals surface area (Å²) in [4.78, 5) is 12.9. The number of likely N-dealkylation sites (N-methyl/N-ethyl adjacent to an activating group) is 1. The van der Waals surface area contributed by atoms with Gasteiger partial charge in [0.25, 0.3) is 0 Å². The summed E-state index contributed by atoms with van der Waals surface area (Å²) in [5, 5.41) is 0. The van der Waals surface area contributed by atoms with Crippen molar-refractivity contribution in [2.45, 2.75) is 0 Å². The fourth-order valence-electron chi connectivity index (χ4n) is 3.05. The third kappa shape index (κ3) is 3.85. The van der Waals surface area contributed by atoms with Gasteiger partial charge in [-0.3, -0.25) is 4.79 Å². The van der Waals surface area contributed by atoms with Gasteiger partial charge in [0.15, 0.2) is 5.78 Å². The summed E-state index contributed by atoms with van der Waals surface area (Å²) in [5.41, 5.74) is 3.93. The standard InChI is InChI=1S/C21H22NO/c1-22(2)15-19(13-17-9-5-3-6-10-17)21(23)20(16-22)14-18-11-7-4-8-12-18/h3-14H,15-16H2,1-2H3/q+1/b19-13-,20-14+. The Labute approximate surface area is 138 Å². The molecule has 2 aromatic rings. The molecular weight excluding hydrogens is 282 g/mol. The lowest BCUT2D eigenvalue weighted by molar-refractivity contribution is -0.881. The quantitative estimate of drug-likeness (QED) is 0.609. The van der Waals surface area contributed by atoms with Crippen LogP contribution >= 0.6 is 0 Å². The first-order valence-corrected chi connectivity index (χ1v) is 7.91. The molecule has 0 N–H and O–H groups in total. The minimum Gasteiger partial charge on any atom is -0.321 e. The third-order valence-electron chi connectivity index (χ3n) is 4.06. The van der Waals surface area contributed by atoms with Gasteiger partial charge in [-0.15, -0.1) is 0 Å². The van der Waals surface area contributed by atoms with Crippen molar-refractivity contribution in [2.75, 3.05) is 27.2 Å². The normalized spacial score (nSPS) is 20.9. The molecule has 0 amide bonds. The molecule has 1 aliphatic heterocycles. The molecule has 3 rings (SSSR count). The zero-order valence-electron chi connectivity index (χ0n) is 13.7. The first-order valence-electron chi connectivity index (χ1n) is 7.91. The summed E-state index contributed by atoms with van der Waals surface area (Å²) in [7, 11) is 4.34. The van der Waals surface area contributed by atoms with Gasteiger partial charge < -0.3 is 4.48 Å². The highest BCUT2D eigenvalue weighted by atomic mass is 16.1. The smallest absolute Gasteiger partial charge is 0.196 e. The van der Waals surface area contributed by atoms with E-state index >= 15 is 0 Å². The number of hydrogen-bond acceptors (Lipinski definition) is 1. The van der Waals surface area contributed by atoms with Crippen molar-refractivity contribution < 1.29 is 9.28 Å². The van der Waals surface area contributed by atoms with Crippen LogP contribution in [-0.2, 0) is 4.79 Å². The topological polar surface area (TPSA) is 17.1 Å². The maximum Gasteiger partial charge on any atom is 0.196 e. The summed E-state index contributed by atoms with van der Waals surface area (Å²) in [5.74, 6) is 0.176. The Balaban J connectivity index is 1.98. The van der Waals surface area contributed by atoms with Crippen LogP contribution in [0.15, 0.2) is 71.8 Å². The van der Waals surface area contributed by atoms with Crippen molar-refractivity contribution in [3.8, 4) is 0 Å². The van der Waals surface area contributed by atoms with Gasteiger partial charge in [-0.05, 0) is 23.3 Å². The van der Waals surface area contributed by atoms with Crippen LogP contribution in [-0.4, -0.2) is 37.5 Å². The molecule has 1 aliphatic rings. The summed E-state index contributed by atoms with van der Waals surface area (Å²) < 4.78 is 0.795. The van der Waals surface area contributed by atoms with Gasteiger partial charge in [-0.2, -0.15) is 0 Å². The average molecular weight is 304 g/mol. The zero-order chi connectivity index (χ0) is 16.3. The van der Waals surface area contributed by atoms with Crippen LogP contribution in [0.5, 0.6) is 0 Å². The molecule has 2 nitrogen and oxygen atoms in total.